The predicted octanol–water partition coefficient (Wildman–Crippen LogP) is 9.16. The molecule has 34 heavy (non-hydrogen) atoms. The van der Waals surface area contributed by atoms with Crippen LogP contribution in [0.15, 0.2) is 42.5 Å². The Kier molecular flexibility index (Phi) is 8.39. The second kappa shape index (κ2) is 11.3. The highest BCUT2D eigenvalue weighted by Crippen LogP contribution is 2.38. The molecule has 0 unspecified atom stereocenters. The lowest BCUT2D eigenvalue weighted by Gasteiger charge is -2.28. The normalized spacial score (nSPS) is 25.9. The number of hydrogen-bond donors (Lipinski definition) is 0. The van der Waals surface area contributed by atoms with Crippen molar-refractivity contribution in [3.8, 4) is 0 Å². The summed E-state index contributed by atoms with van der Waals surface area (Å²) in [5.41, 5.74) is 2.95. The van der Waals surface area contributed by atoms with E-state index in [2.05, 4.69) is 13.8 Å². The highest BCUT2D eigenvalue weighted by Gasteiger charge is 2.31. The van der Waals surface area contributed by atoms with Crippen molar-refractivity contribution in [2.45, 2.75) is 103 Å². The molecule has 2 aromatic carbocycles. The summed E-state index contributed by atoms with van der Waals surface area (Å²) < 4.78 is 48.6. The molecule has 4 heteroatoms. The van der Waals surface area contributed by atoms with Crippen molar-refractivity contribution in [2.75, 3.05) is 0 Å². The summed E-state index contributed by atoms with van der Waals surface area (Å²) in [6.45, 7) is 4.08. The van der Waals surface area contributed by atoms with Gasteiger partial charge in [-0.1, -0.05) is 69.5 Å². The Balaban J connectivity index is 1.29. The first kappa shape index (κ1) is 25.3. The molecule has 0 spiro atoms. The molecule has 0 bridgehead atoms. The van der Waals surface area contributed by atoms with Gasteiger partial charge in [0, 0.05) is 5.56 Å². The first-order valence-electron chi connectivity index (χ1n) is 13.2. The zero-order chi connectivity index (χ0) is 24.1. The molecule has 0 amide bonds. The molecule has 2 aliphatic rings. The second-order valence-electron chi connectivity index (χ2n) is 10.8. The molecule has 0 radical (unpaired) electrons. The topological polar surface area (TPSA) is 9.23 Å². The zero-order valence-corrected chi connectivity index (χ0v) is 20.7. The molecule has 2 aliphatic carbocycles. The fraction of sp³-hybridized carbons (Fsp3) is 0.600. The number of halogens is 3. The summed E-state index contributed by atoms with van der Waals surface area (Å²) in [5, 5.41) is 0. The summed E-state index contributed by atoms with van der Waals surface area (Å²) in [6.07, 6.45) is 6.71. The SMILES string of the molecule is CCC1CCC(c2ccc(CC(F)(F)OCc3ccc(C4CCC(C)CC4)cc3F)cc2)CC1. The first-order chi connectivity index (χ1) is 16.3. The van der Waals surface area contributed by atoms with E-state index in [0.29, 0.717) is 17.4 Å². The van der Waals surface area contributed by atoms with Crippen molar-refractivity contribution < 1.29 is 17.9 Å². The predicted molar refractivity (Wildman–Crippen MR) is 132 cm³/mol. The molecule has 0 N–H and O–H groups in total. The minimum Gasteiger partial charge on any atom is -0.315 e. The fourth-order valence-corrected chi connectivity index (χ4v) is 5.81. The van der Waals surface area contributed by atoms with Crippen molar-refractivity contribution in [1.82, 2.24) is 0 Å². The van der Waals surface area contributed by atoms with E-state index in [0.717, 1.165) is 43.1 Å². The maximum atomic E-state index is 14.6. The van der Waals surface area contributed by atoms with Crippen LogP contribution in [0.3, 0.4) is 0 Å². The van der Waals surface area contributed by atoms with Crippen molar-refractivity contribution in [1.29, 1.82) is 0 Å². The summed E-state index contributed by atoms with van der Waals surface area (Å²) in [6, 6.07) is 12.6. The lowest BCUT2D eigenvalue weighted by molar-refractivity contribution is -0.244. The number of hydrogen-bond acceptors (Lipinski definition) is 1. The molecule has 1 nitrogen and oxygen atoms in total. The van der Waals surface area contributed by atoms with Crippen LogP contribution < -0.4 is 0 Å². The van der Waals surface area contributed by atoms with E-state index >= 15 is 0 Å². The van der Waals surface area contributed by atoms with Gasteiger partial charge in [0.2, 0.25) is 0 Å². The molecular weight excluding hydrogens is 433 g/mol. The molecule has 4 rings (SSSR count). The van der Waals surface area contributed by atoms with E-state index < -0.39 is 25.0 Å². The standard InChI is InChI=1S/C30H39F3O/c1-3-22-6-12-24(13-7-22)25-14-8-23(9-15-25)19-30(32,33)34-20-28-17-16-27(18-29(28)31)26-10-4-21(2)5-11-26/h8-9,14-18,21-22,24,26H,3-7,10-13,19-20H2,1-2H3. The Hall–Kier alpha value is -1.81. The summed E-state index contributed by atoms with van der Waals surface area (Å²) in [4.78, 5) is 0. The van der Waals surface area contributed by atoms with Gasteiger partial charge in [-0.2, -0.15) is 8.78 Å². The van der Waals surface area contributed by atoms with Crippen LogP contribution in [0.25, 0.3) is 0 Å². The molecule has 2 aromatic rings. The Bertz CT molecular complexity index is 907. The van der Waals surface area contributed by atoms with E-state index in [-0.39, 0.29) is 5.56 Å². The molecule has 2 fully saturated rings. The minimum atomic E-state index is -3.34. The third kappa shape index (κ3) is 6.65. The van der Waals surface area contributed by atoms with Crippen LogP contribution in [0.4, 0.5) is 13.2 Å². The van der Waals surface area contributed by atoms with Gasteiger partial charge in [-0.25, -0.2) is 4.39 Å². The van der Waals surface area contributed by atoms with Crippen molar-refractivity contribution >= 4 is 0 Å². The van der Waals surface area contributed by atoms with Gasteiger partial charge in [0.25, 0.3) is 0 Å². The summed E-state index contributed by atoms with van der Waals surface area (Å²) in [5.74, 6) is 2.02. The van der Waals surface area contributed by atoms with E-state index in [1.54, 1.807) is 18.2 Å². The highest BCUT2D eigenvalue weighted by molar-refractivity contribution is 5.28. The molecule has 0 atom stereocenters. The Morgan fingerprint density at radius 1 is 0.824 bits per heavy atom. The molecular formula is C30H39F3O. The van der Waals surface area contributed by atoms with Crippen molar-refractivity contribution in [3.05, 3.63) is 70.5 Å². The Morgan fingerprint density at radius 2 is 1.41 bits per heavy atom. The van der Waals surface area contributed by atoms with Crippen LogP contribution in [0.5, 0.6) is 0 Å². The van der Waals surface area contributed by atoms with Gasteiger partial charge < -0.3 is 4.74 Å². The Labute approximate surface area is 203 Å². The monoisotopic (exact) mass is 472 g/mol. The van der Waals surface area contributed by atoms with Crippen molar-refractivity contribution in [3.63, 3.8) is 0 Å². The fourth-order valence-electron chi connectivity index (χ4n) is 5.81. The van der Waals surface area contributed by atoms with Gasteiger partial charge in [0.15, 0.2) is 0 Å². The zero-order valence-electron chi connectivity index (χ0n) is 20.7. The van der Waals surface area contributed by atoms with Crippen LogP contribution in [0.1, 0.15) is 106 Å². The van der Waals surface area contributed by atoms with Gasteiger partial charge in [-0.05, 0) is 85.0 Å². The highest BCUT2D eigenvalue weighted by atomic mass is 19.3. The molecule has 0 heterocycles. The van der Waals surface area contributed by atoms with Crippen LogP contribution in [0.2, 0.25) is 0 Å². The molecule has 186 valence electrons. The number of rotatable bonds is 8. The third-order valence-corrected chi connectivity index (χ3v) is 8.29. The van der Waals surface area contributed by atoms with Crippen LogP contribution >= 0.6 is 0 Å². The maximum absolute atomic E-state index is 14.6. The van der Waals surface area contributed by atoms with Gasteiger partial charge in [0.05, 0.1) is 13.0 Å². The minimum absolute atomic E-state index is 0.186. The number of alkyl halides is 2. The average molecular weight is 473 g/mol. The quantitative estimate of drug-likeness (QED) is 0.372. The molecule has 2 saturated carbocycles. The summed E-state index contributed by atoms with van der Waals surface area (Å²) in [7, 11) is 0. The Morgan fingerprint density at radius 3 is 2.03 bits per heavy atom. The van der Waals surface area contributed by atoms with E-state index in [4.69, 9.17) is 4.74 Å². The first-order valence-corrected chi connectivity index (χ1v) is 13.2. The van der Waals surface area contributed by atoms with E-state index in [1.807, 2.05) is 18.2 Å². The second-order valence-corrected chi connectivity index (χ2v) is 10.8. The van der Waals surface area contributed by atoms with Crippen LogP contribution in [0, 0.1) is 17.7 Å². The van der Waals surface area contributed by atoms with E-state index in [1.165, 1.54) is 43.7 Å². The van der Waals surface area contributed by atoms with Crippen molar-refractivity contribution in [2.24, 2.45) is 11.8 Å². The lowest BCUT2D eigenvalue weighted by atomic mass is 9.78. The summed E-state index contributed by atoms with van der Waals surface area (Å²) >= 11 is 0. The maximum Gasteiger partial charge on any atom is 0.360 e. The van der Waals surface area contributed by atoms with Crippen LogP contribution in [-0.4, -0.2) is 6.11 Å². The average Bonchev–Trinajstić information content (AvgIpc) is 2.84. The van der Waals surface area contributed by atoms with E-state index in [9.17, 15) is 13.2 Å². The number of benzene rings is 2. The van der Waals surface area contributed by atoms with Gasteiger partial charge in [0.1, 0.15) is 5.82 Å². The smallest absolute Gasteiger partial charge is 0.315 e. The lowest BCUT2D eigenvalue weighted by Crippen LogP contribution is -2.24. The largest absolute Gasteiger partial charge is 0.360 e. The van der Waals surface area contributed by atoms with Gasteiger partial charge in [-0.15, -0.1) is 0 Å². The molecule has 0 saturated heterocycles. The van der Waals surface area contributed by atoms with Gasteiger partial charge in [-0.3, -0.25) is 0 Å². The van der Waals surface area contributed by atoms with Gasteiger partial charge >= 0.3 is 6.11 Å². The third-order valence-electron chi connectivity index (χ3n) is 8.29. The molecule has 0 aliphatic heterocycles. The number of ether oxygens (including phenoxy) is 1. The molecule has 0 aromatic heterocycles. The van der Waals surface area contributed by atoms with Crippen LogP contribution in [-0.2, 0) is 17.8 Å².